The van der Waals surface area contributed by atoms with Crippen LogP contribution < -0.4 is 5.32 Å². The molecule has 0 radical (unpaired) electrons. The number of amides is 1. The van der Waals surface area contributed by atoms with Crippen LogP contribution in [0.2, 0.25) is 0 Å². The van der Waals surface area contributed by atoms with Gasteiger partial charge in [-0.15, -0.1) is 11.6 Å². The molecule has 1 atom stereocenters. The number of aryl methyl sites for hydroxylation is 1. The highest BCUT2D eigenvalue weighted by Gasteiger charge is 2.15. The average Bonchev–Trinajstić information content (AvgIpc) is 2.74. The minimum atomic E-state index is -0.199. The molecule has 0 saturated carbocycles. The van der Waals surface area contributed by atoms with Crippen LogP contribution in [0.3, 0.4) is 0 Å². The summed E-state index contributed by atoms with van der Waals surface area (Å²) in [5.74, 6) is 0.837. The molecule has 0 spiro atoms. The number of nitrogens with zero attached hydrogens (tertiary/aromatic N) is 2. The Balaban J connectivity index is 2.34. The maximum atomic E-state index is 11.6. The largest absolute Gasteiger partial charge is 0.356 e. The first-order valence-corrected chi connectivity index (χ1v) is 7.82. The quantitative estimate of drug-likeness (QED) is 0.830. The Morgan fingerprint density at radius 1 is 1.55 bits per heavy atom. The normalized spacial score (nSPS) is 12.6. The molecule has 0 saturated heterocycles. The van der Waals surface area contributed by atoms with Gasteiger partial charge >= 0.3 is 0 Å². The van der Waals surface area contributed by atoms with E-state index in [1.165, 1.54) is 0 Å². The number of nitrogens with one attached hydrogen (secondary N) is 1. The maximum Gasteiger partial charge on any atom is 0.221 e. The zero-order valence-electron chi connectivity index (χ0n) is 11.5. The third-order valence-corrected chi connectivity index (χ3v) is 3.72. The maximum absolute atomic E-state index is 11.6. The summed E-state index contributed by atoms with van der Waals surface area (Å²) >= 11 is 9.64. The van der Waals surface area contributed by atoms with E-state index >= 15 is 0 Å². The Hall–Kier alpha value is -1.07. The lowest BCUT2D eigenvalue weighted by Crippen LogP contribution is -2.24. The van der Waals surface area contributed by atoms with E-state index in [0.29, 0.717) is 19.5 Å². The monoisotopic (exact) mass is 357 g/mol. The second kappa shape index (κ2) is 6.59. The van der Waals surface area contributed by atoms with Gasteiger partial charge < -0.3 is 9.88 Å². The first-order chi connectivity index (χ1) is 9.52. The standard InChI is InChI=1S/C14H17BrClN3O/c1-3-17-13(20)6-7-19-12-5-4-10(15)8-11(12)18-14(19)9(2)16/h4-5,8-9H,3,6-7H2,1-2H3,(H,17,20). The van der Waals surface area contributed by atoms with E-state index in [9.17, 15) is 4.79 Å². The molecule has 1 unspecified atom stereocenters. The van der Waals surface area contributed by atoms with Gasteiger partial charge in [-0.2, -0.15) is 0 Å². The van der Waals surface area contributed by atoms with Crippen molar-refractivity contribution in [1.82, 2.24) is 14.9 Å². The van der Waals surface area contributed by atoms with Gasteiger partial charge in [0.1, 0.15) is 5.82 Å². The summed E-state index contributed by atoms with van der Waals surface area (Å²) in [4.78, 5) is 16.2. The number of aromatic nitrogens is 2. The van der Waals surface area contributed by atoms with Crippen molar-refractivity contribution in [2.24, 2.45) is 0 Å². The van der Waals surface area contributed by atoms with E-state index in [4.69, 9.17) is 11.6 Å². The summed E-state index contributed by atoms with van der Waals surface area (Å²) < 4.78 is 3.00. The van der Waals surface area contributed by atoms with Crippen molar-refractivity contribution in [3.8, 4) is 0 Å². The number of rotatable bonds is 5. The van der Waals surface area contributed by atoms with Crippen LogP contribution in [0.5, 0.6) is 0 Å². The molecular weight excluding hydrogens is 342 g/mol. The molecule has 4 nitrogen and oxygen atoms in total. The molecule has 1 N–H and O–H groups in total. The molecule has 0 aliphatic rings. The topological polar surface area (TPSA) is 46.9 Å². The second-order valence-electron chi connectivity index (χ2n) is 4.57. The molecule has 0 fully saturated rings. The number of halogens is 2. The van der Waals surface area contributed by atoms with Gasteiger partial charge in [0.05, 0.1) is 16.4 Å². The number of imidazole rings is 1. The van der Waals surface area contributed by atoms with Gasteiger partial charge in [-0.05, 0) is 32.0 Å². The van der Waals surface area contributed by atoms with Gasteiger partial charge in [-0.1, -0.05) is 15.9 Å². The predicted molar refractivity (Wildman–Crippen MR) is 85.0 cm³/mol. The molecule has 0 aliphatic heterocycles. The number of benzene rings is 1. The van der Waals surface area contributed by atoms with Crippen LogP contribution in [0.4, 0.5) is 0 Å². The number of carbonyl (C=O) groups is 1. The van der Waals surface area contributed by atoms with Crippen LogP contribution >= 0.6 is 27.5 Å². The molecular formula is C14H17BrClN3O. The fraction of sp³-hybridized carbons (Fsp3) is 0.429. The van der Waals surface area contributed by atoms with Crippen molar-refractivity contribution in [1.29, 1.82) is 0 Å². The molecule has 2 rings (SSSR count). The Morgan fingerprint density at radius 2 is 2.30 bits per heavy atom. The fourth-order valence-electron chi connectivity index (χ4n) is 2.16. The third-order valence-electron chi connectivity index (χ3n) is 3.03. The Bertz CT molecular complexity index is 624. The zero-order valence-corrected chi connectivity index (χ0v) is 13.8. The molecule has 0 aliphatic carbocycles. The van der Waals surface area contributed by atoms with Crippen LogP contribution in [-0.4, -0.2) is 22.0 Å². The Kier molecular flexibility index (Phi) is 5.05. The van der Waals surface area contributed by atoms with Crippen LogP contribution in [0.25, 0.3) is 11.0 Å². The van der Waals surface area contributed by atoms with E-state index in [2.05, 4.69) is 26.2 Å². The molecule has 2 aromatic rings. The molecule has 1 heterocycles. The van der Waals surface area contributed by atoms with E-state index in [-0.39, 0.29) is 11.3 Å². The highest BCUT2D eigenvalue weighted by atomic mass is 79.9. The summed E-state index contributed by atoms with van der Waals surface area (Å²) in [5.41, 5.74) is 1.89. The van der Waals surface area contributed by atoms with E-state index in [1.807, 2.05) is 36.6 Å². The van der Waals surface area contributed by atoms with Crippen LogP contribution in [0.1, 0.15) is 31.5 Å². The summed E-state index contributed by atoms with van der Waals surface area (Å²) in [5, 5.41) is 2.60. The van der Waals surface area contributed by atoms with Crippen molar-refractivity contribution in [3.63, 3.8) is 0 Å². The minimum absolute atomic E-state index is 0.0413. The van der Waals surface area contributed by atoms with Crippen LogP contribution in [0.15, 0.2) is 22.7 Å². The highest BCUT2D eigenvalue weighted by molar-refractivity contribution is 9.10. The average molecular weight is 359 g/mol. The number of carbonyl (C=O) groups excluding carboxylic acids is 1. The molecule has 6 heteroatoms. The first kappa shape index (κ1) is 15.3. The summed E-state index contributed by atoms with van der Waals surface area (Å²) in [7, 11) is 0. The molecule has 0 bridgehead atoms. The van der Waals surface area contributed by atoms with Gasteiger partial charge in [-0.3, -0.25) is 4.79 Å². The molecule has 20 heavy (non-hydrogen) atoms. The van der Waals surface area contributed by atoms with Gasteiger partial charge in [0.2, 0.25) is 5.91 Å². The van der Waals surface area contributed by atoms with Gasteiger partial charge in [-0.25, -0.2) is 4.98 Å². The van der Waals surface area contributed by atoms with E-state index < -0.39 is 0 Å². The lowest BCUT2D eigenvalue weighted by atomic mass is 10.3. The molecule has 108 valence electrons. The number of fused-ring (bicyclic) bond motifs is 1. The lowest BCUT2D eigenvalue weighted by molar-refractivity contribution is -0.121. The first-order valence-electron chi connectivity index (χ1n) is 6.59. The number of alkyl halides is 1. The molecule has 1 amide bonds. The van der Waals surface area contributed by atoms with Crippen LogP contribution in [0, 0.1) is 0 Å². The third kappa shape index (κ3) is 3.33. The second-order valence-corrected chi connectivity index (χ2v) is 6.14. The van der Waals surface area contributed by atoms with Gasteiger partial charge in [0.15, 0.2) is 0 Å². The van der Waals surface area contributed by atoms with Crippen molar-refractivity contribution < 1.29 is 4.79 Å². The van der Waals surface area contributed by atoms with Gasteiger partial charge in [0.25, 0.3) is 0 Å². The van der Waals surface area contributed by atoms with Crippen molar-refractivity contribution in [2.45, 2.75) is 32.2 Å². The zero-order chi connectivity index (χ0) is 14.7. The van der Waals surface area contributed by atoms with Crippen molar-refractivity contribution in [3.05, 3.63) is 28.5 Å². The number of hydrogen-bond acceptors (Lipinski definition) is 2. The smallest absolute Gasteiger partial charge is 0.221 e. The Labute approximate surface area is 131 Å². The molecule has 1 aromatic heterocycles. The fourth-order valence-corrected chi connectivity index (χ4v) is 2.67. The van der Waals surface area contributed by atoms with E-state index in [0.717, 1.165) is 21.3 Å². The summed E-state index contributed by atoms with van der Waals surface area (Å²) in [6.07, 6.45) is 0.423. The van der Waals surface area contributed by atoms with Crippen molar-refractivity contribution >= 4 is 44.5 Å². The molecule has 1 aromatic carbocycles. The lowest BCUT2D eigenvalue weighted by Gasteiger charge is -2.10. The number of hydrogen-bond donors (Lipinski definition) is 1. The Morgan fingerprint density at radius 3 is 2.95 bits per heavy atom. The SMILES string of the molecule is CCNC(=O)CCn1c(C(C)Cl)nc2cc(Br)ccc21. The summed E-state index contributed by atoms with van der Waals surface area (Å²) in [6.45, 7) is 5.03. The van der Waals surface area contributed by atoms with Crippen LogP contribution in [-0.2, 0) is 11.3 Å². The highest BCUT2D eigenvalue weighted by Crippen LogP contribution is 2.26. The van der Waals surface area contributed by atoms with Gasteiger partial charge in [0, 0.05) is 24.0 Å². The summed E-state index contributed by atoms with van der Waals surface area (Å²) in [6, 6.07) is 5.92. The minimum Gasteiger partial charge on any atom is -0.356 e. The van der Waals surface area contributed by atoms with E-state index in [1.54, 1.807) is 0 Å². The van der Waals surface area contributed by atoms with Crippen molar-refractivity contribution in [2.75, 3.05) is 6.54 Å². The predicted octanol–water partition coefficient (Wildman–Crippen LogP) is 3.62.